The molecule has 0 bridgehead atoms. The first-order valence-corrected chi connectivity index (χ1v) is 13.1. The lowest BCUT2D eigenvalue weighted by Crippen LogP contribution is -2.32. The van der Waals surface area contributed by atoms with Gasteiger partial charge >= 0.3 is 0 Å². The van der Waals surface area contributed by atoms with Crippen LogP contribution in [0.1, 0.15) is 49.0 Å². The molecular formula is C31H35N3O6. The summed E-state index contributed by atoms with van der Waals surface area (Å²) in [6.45, 7) is 3.27. The van der Waals surface area contributed by atoms with E-state index in [-0.39, 0.29) is 35.5 Å². The first kappa shape index (κ1) is 28.5. The fourth-order valence-electron chi connectivity index (χ4n) is 5.15. The molecule has 1 aliphatic rings. The fourth-order valence-corrected chi connectivity index (χ4v) is 5.15. The molecule has 3 N–H and O–H groups in total. The Balaban J connectivity index is 1.73. The van der Waals surface area contributed by atoms with E-state index in [1.807, 2.05) is 49.4 Å². The van der Waals surface area contributed by atoms with Gasteiger partial charge in [0, 0.05) is 12.5 Å². The summed E-state index contributed by atoms with van der Waals surface area (Å²) in [7, 11) is 4.65. The van der Waals surface area contributed by atoms with Crippen molar-refractivity contribution in [2.75, 3.05) is 33.2 Å². The molecule has 2 amide bonds. The highest BCUT2D eigenvalue weighted by molar-refractivity contribution is 5.84. The van der Waals surface area contributed by atoms with Gasteiger partial charge in [0.05, 0.1) is 45.6 Å². The summed E-state index contributed by atoms with van der Waals surface area (Å²) in [5.41, 5.74) is 4.02. The molecule has 1 aliphatic carbocycles. The zero-order chi connectivity index (χ0) is 28.8. The summed E-state index contributed by atoms with van der Waals surface area (Å²) in [5.74, 6) is 0.989. The minimum absolute atomic E-state index is 0.0822. The molecule has 4 rings (SSSR count). The Morgan fingerprint density at radius 1 is 0.975 bits per heavy atom. The number of benzene rings is 2. The third kappa shape index (κ3) is 6.03. The summed E-state index contributed by atoms with van der Waals surface area (Å²) in [6, 6.07) is 16.0. The molecular weight excluding hydrogens is 510 g/mol. The predicted molar refractivity (Wildman–Crippen MR) is 154 cm³/mol. The molecule has 3 aromatic carbocycles. The smallest absolute Gasteiger partial charge is 0.239 e. The highest BCUT2D eigenvalue weighted by Gasteiger charge is 2.29. The number of fused-ring (bicyclic) bond motifs is 3. The zero-order valence-corrected chi connectivity index (χ0v) is 23.4. The Kier molecular flexibility index (Phi) is 8.93. The Hall–Kier alpha value is -4.53. The molecule has 0 aromatic heterocycles. The maximum Gasteiger partial charge on any atom is 0.239 e. The normalized spacial score (nSPS) is 14.5. The van der Waals surface area contributed by atoms with Crippen LogP contribution in [-0.2, 0) is 16.0 Å². The second-order valence-electron chi connectivity index (χ2n) is 9.65. The van der Waals surface area contributed by atoms with Gasteiger partial charge in [-0.25, -0.2) is 0 Å². The van der Waals surface area contributed by atoms with Crippen LogP contribution in [0, 0.1) is 0 Å². The van der Waals surface area contributed by atoms with Crippen LogP contribution < -0.4 is 35.6 Å². The van der Waals surface area contributed by atoms with Crippen LogP contribution in [0.25, 0.3) is 11.1 Å². The molecule has 0 radical (unpaired) electrons. The molecule has 2 atom stereocenters. The number of amides is 2. The first-order chi connectivity index (χ1) is 19.3. The molecule has 0 saturated heterocycles. The molecule has 3 aromatic rings. The maximum atomic E-state index is 13.4. The molecule has 9 heteroatoms. The van der Waals surface area contributed by atoms with Crippen LogP contribution >= 0.6 is 0 Å². The van der Waals surface area contributed by atoms with E-state index < -0.39 is 6.04 Å². The van der Waals surface area contributed by atoms with E-state index in [0.717, 1.165) is 22.3 Å². The van der Waals surface area contributed by atoms with Gasteiger partial charge in [-0.3, -0.25) is 14.4 Å². The van der Waals surface area contributed by atoms with Gasteiger partial charge in [-0.05, 0) is 60.2 Å². The molecule has 0 spiro atoms. The topological polar surface area (TPSA) is 115 Å². The first-order valence-electron chi connectivity index (χ1n) is 13.1. The number of carbonyl (C=O) groups excluding carboxylic acids is 2. The standard InChI is InChI=1S/C31H35N3O6/c1-18(20-9-7-6-8-10-20)33-28(37)17-32-25-14-12-22-23(16-26(25)36)24(34-19(2)35)13-11-21-15-27(38-3)30(39-4)31(40-5)29(21)22/h6-10,12,14-16,18,24H,11,13,17H2,1-5H3,(H,32,36)(H,33,37)(H,34,35). The monoisotopic (exact) mass is 545 g/mol. The number of rotatable bonds is 9. The van der Waals surface area contributed by atoms with E-state index >= 15 is 0 Å². The maximum absolute atomic E-state index is 13.4. The third-order valence-electron chi connectivity index (χ3n) is 7.03. The highest BCUT2D eigenvalue weighted by atomic mass is 16.5. The highest BCUT2D eigenvalue weighted by Crippen LogP contribution is 2.50. The molecule has 0 fully saturated rings. The quantitative estimate of drug-likeness (QED) is 0.370. The van der Waals surface area contributed by atoms with Crippen molar-refractivity contribution in [1.82, 2.24) is 10.6 Å². The van der Waals surface area contributed by atoms with Crippen molar-refractivity contribution in [3.05, 3.63) is 81.5 Å². The van der Waals surface area contributed by atoms with Gasteiger partial charge in [0.25, 0.3) is 0 Å². The molecule has 40 heavy (non-hydrogen) atoms. The second-order valence-corrected chi connectivity index (χ2v) is 9.65. The average molecular weight is 546 g/mol. The Morgan fingerprint density at radius 3 is 2.35 bits per heavy atom. The lowest BCUT2D eigenvalue weighted by molar-refractivity contribution is -0.120. The van der Waals surface area contributed by atoms with Crippen molar-refractivity contribution >= 4 is 17.5 Å². The second kappa shape index (κ2) is 12.5. The lowest BCUT2D eigenvalue weighted by atomic mass is 9.95. The van der Waals surface area contributed by atoms with Crippen molar-refractivity contribution in [1.29, 1.82) is 0 Å². The summed E-state index contributed by atoms with van der Waals surface area (Å²) >= 11 is 0. The Labute approximate surface area is 233 Å². The van der Waals surface area contributed by atoms with Gasteiger partial charge in [-0.1, -0.05) is 36.4 Å². The molecule has 0 saturated carbocycles. The van der Waals surface area contributed by atoms with Crippen LogP contribution in [0.15, 0.2) is 59.4 Å². The van der Waals surface area contributed by atoms with E-state index in [9.17, 15) is 14.4 Å². The van der Waals surface area contributed by atoms with Gasteiger partial charge in [0.1, 0.15) is 0 Å². The zero-order valence-electron chi connectivity index (χ0n) is 23.4. The van der Waals surface area contributed by atoms with Crippen molar-refractivity contribution in [3.63, 3.8) is 0 Å². The lowest BCUT2D eigenvalue weighted by Gasteiger charge is -2.19. The van der Waals surface area contributed by atoms with Crippen LogP contribution in [0.3, 0.4) is 0 Å². The van der Waals surface area contributed by atoms with E-state index in [2.05, 4.69) is 16.0 Å². The number of hydrogen-bond acceptors (Lipinski definition) is 7. The molecule has 9 nitrogen and oxygen atoms in total. The van der Waals surface area contributed by atoms with Gasteiger partial charge < -0.3 is 30.2 Å². The number of hydrogen-bond donors (Lipinski definition) is 3. The molecule has 0 aliphatic heterocycles. The SMILES string of the molecule is COc1cc2c(c(OC)c1OC)-c1ccc(NCC(=O)NC(C)c3ccccc3)c(=O)cc1C(NC(C)=O)CC2. The van der Waals surface area contributed by atoms with Gasteiger partial charge in [-0.15, -0.1) is 0 Å². The van der Waals surface area contributed by atoms with E-state index in [0.29, 0.717) is 35.7 Å². The van der Waals surface area contributed by atoms with Crippen molar-refractivity contribution in [3.8, 4) is 28.4 Å². The third-order valence-corrected chi connectivity index (χ3v) is 7.03. The summed E-state index contributed by atoms with van der Waals surface area (Å²) in [4.78, 5) is 38.2. The predicted octanol–water partition coefficient (Wildman–Crippen LogP) is 4.15. The van der Waals surface area contributed by atoms with Crippen LogP contribution in [0.2, 0.25) is 0 Å². The van der Waals surface area contributed by atoms with Gasteiger partial charge in [0.2, 0.25) is 23.0 Å². The summed E-state index contributed by atoms with van der Waals surface area (Å²) < 4.78 is 17.0. The van der Waals surface area contributed by atoms with E-state index in [4.69, 9.17) is 14.2 Å². The fraction of sp³-hybridized carbons (Fsp3) is 0.323. The number of carbonyl (C=O) groups is 2. The van der Waals surface area contributed by atoms with Crippen LogP contribution in [0.5, 0.6) is 17.2 Å². The van der Waals surface area contributed by atoms with Gasteiger partial charge in [-0.2, -0.15) is 0 Å². The summed E-state index contributed by atoms with van der Waals surface area (Å²) in [6.07, 6.45) is 1.17. The Morgan fingerprint density at radius 2 is 1.70 bits per heavy atom. The average Bonchev–Trinajstić information content (AvgIpc) is 3.19. The number of methoxy groups -OCH3 is 3. The largest absolute Gasteiger partial charge is 0.493 e. The van der Waals surface area contributed by atoms with E-state index in [1.165, 1.54) is 20.1 Å². The van der Waals surface area contributed by atoms with Crippen molar-refractivity contribution in [2.45, 2.75) is 38.8 Å². The number of anilines is 1. The Bertz CT molecular complexity index is 1460. The number of ether oxygens (including phenoxy) is 3. The molecule has 0 heterocycles. The van der Waals surface area contributed by atoms with Gasteiger partial charge in [0.15, 0.2) is 11.5 Å². The molecule has 210 valence electrons. The van der Waals surface area contributed by atoms with E-state index in [1.54, 1.807) is 20.3 Å². The number of aryl methyl sites for hydroxylation is 1. The minimum Gasteiger partial charge on any atom is -0.493 e. The van der Waals surface area contributed by atoms with Crippen LogP contribution in [-0.4, -0.2) is 39.7 Å². The number of nitrogens with one attached hydrogen (secondary N) is 3. The molecule has 2 unspecified atom stereocenters. The minimum atomic E-state index is -0.412. The van der Waals surface area contributed by atoms with Crippen molar-refractivity contribution in [2.24, 2.45) is 0 Å². The van der Waals surface area contributed by atoms with Crippen molar-refractivity contribution < 1.29 is 23.8 Å². The summed E-state index contributed by atoms with van der Waals surface area (Å²) in [5, 5.41) is 8.92. The van der Waals surface area contributed by atoms with Crippen LogP contribution in [0.4, 0.5) is 5.69 Å².